The summed E-state index contributed by atoms with van der Waals surface area (Å²) in [5.74, 6) is 0. The molecule has 2 atom stereocenters. The first kappa shape index (κ1) is 33.6. The van der Waals surface area contributed by atoms with Crippen LogP contribution in [0.3, 0.4) is 0 Å². The second-order valence-electron chi connectivity index (χ2n) is 12.3. The lowest BCUT2D eigenvalue weighted by Gasteiger charge is -2.30. The number of likely N-dealkylation sites (N-methyl/N-ethyl adjacent to an activating group) is 2. The summed E-state index contributed by atoms with van der Waals surface area (Å²) in [6, 6.07) is 21.1. The second-order valence-corrected chi connectivity index (χ2v) is 12.3. The topological polar surface area (TPSA) is 59.9 Å². The van der Waals surface area contributed by atoms with Gasteiger partial charge in [-0.2, -0.15) is 0 Å². The largest absolute Gasteiger partial charge is 0.390 e. The highest BCUT2D eigenvalue weighted by atomic mass is 16.3. The Balaban J connectivity index is 1.45. The van der Waals surface area contributed by atoms with Crippen molar-refractivity contribution in [3.05, 3.63) is 71.8 Å². The van der Waals surface area contributed by atoms with Crippen LogP contribution in [0.5, 0.6) is 0 Å². The van der Waals surface area contributed by atoms with Crippen LogP contribution in [0.4, 0.5) is 0 Å². The van der Waals surface area contributed by atoms with Crippen LogP contribution < -0.4 is 0 Å². The third kappa shape index (κ3) is 14.2. The Bertz CT molecular complexity index is 856. The zero-order chi connectivity index (χ0) is 29.5. The third-order valence-corrected chi connectivity index (χ3v) is 7.78. The van der Waals surface area contributed by atoms with Crippen LogP contribution in [0.25, 0.3) is 0 Å². The maximum absolute atomic E-state index is 11.1. The molecule has 1 aliphatic heterocycles. The van der Waals surface area contributed by atoms with Crippen LogP contribution in [0.1, 0.15) is 17.5 Å². The minimum Gasteiger partial charge on any atom is -0.390 e. The van der Waals surface area contributed by atoms with Gasteiger partial charge >= 0.3 is 0 Å². The Hall–Kier alpha value is -1.88. The highest BCUT2D eigenvalue weighted by molar-refractivity contribution is 5.15. The van der Waals surface area contributed by atoms with Crippen molar-refractivity contribution in [2.24, 2.45) is 0 Å². The standard InChI is InChI=1S/C33H56N6O2/c1-34(2)18-20-38(24-30-12-7-5-8-13-30)28-32(40)26-36-16-11-17-37(23-22-36)27-33(41)29-39(21-19-35(3)4)25-31-14-9-6-10-15-31/h5-10,12-15,32-33,40-41H,11,16-29H2,1-4H3. The van der Waals surface area contributed by atoms with Gasteiger partial charge < -0.3 is 20.0 Å². The van der Waals surface area contributed by atoms with Gasteiger partial charge in [0.15, 0.2) is 0 Å². The Morgan fingerprint density at radius 1 is 0.585 bits per heavy atom. The van der Waals surface area contributed by atoms with E-state index in [9.17, 15) is 10.2 Å². The fourth-order valence-electron chi connectivity index (χ4n) is 5.53. The maximum Gasteiger partial charge on any atom is 0.0793 e. The van der Waals surface area contributed by atoms with E-state index in [0.29, 0.717) is 26.2 Å². The molecule has 1 aliphatic rings. The molecule has 2 aromatic carbocycles. The summed E-state index contributed by atoms with van der Waals surface area (Å²) in [4.78, 5) is 14.0. The van der Waals surface area contributed by atoms with E-state index in [1.165, 1.54) is 11.1 Å². The van der Waals surface area contributed by atoms with E-state index >= 15 is 0 Å². The van der Waals surface area contributed by atoms with Crippen molar-refractivity contribution in [2.75, 3.05) is 107 Å². The zero-order valence-corrected chi connectivity index (χ0v) is 26.1. The lowest BCUT2D eigenvalue weighted by atomic mass is 10.2. The first-order chi connectivity index (χ1) is 19.8. The number of hydrogen-bond donors (Lipinski definition) is 2. The van der Waals surface area contributed by atoms with Crippen LogP contribution in [0, 0.1) is 0 Å². The molecule has 3 rings (SSSR count). The summed E-state index contributed by atoms with van der Waals surface area (Å²) in [5.41, 5.74) is 2.57. The summed E-state index contributed by atoms with van der Waals surface area (Å²) in [7, 11) is 8.40. The van der Waals surface area contributed by atoms with Crippen LogP contribution in [0.15, 0.2) is 60.7 Å². The number of β-amino-alcohol motifs (C(OH)–C–C–N with tert-alkyl or cyclic N) is 2. The van der Waals surface area contributed by atoms with Gasteiger partial charge in [-0.25, -0.2) is 0 Å². The average molecular weight is 569 g/mol. The van der Waals surface area contributed by atoms with E-state index in [4.69, 9.17) is 0 Å². The molecular weight excluding hydrogens is 512 g/mol. The predicted octanol–water partition coefficient (Wildman–Crippen LogP) is 1.84. The summed E-state index contributed by atoms with van der Waals surface area (Å²) in [5, 5.41) is 22.1. The molecule has 0 radical (unpaired) electrons. The van der Waals surface area contributed by atoms with Gasteiger partial charge in [0, 0.05) is 78.5 Å². The molecule has 2 unspecified atom stereocenters. The summed E-state index contributed by atoms with van der Waals surface area (Å²) in [6.07, 6.45) is 0.282. The fraction of sp³-hybridized carbons (Fsp3) is 0.636. The van der Waals surface area contributed by atoms with Crippen LogP contribution in [0.2, 0.25) is 0 Å². The molecule has 41 heavy (non-hydrogen) atoms. The van der Waals surface area contributed by atoms with Gasteiger partial charge in [-0.05, 0) is 58.8 Å². The minimum absolute atomic E-state index is 0.388. The van der Waals surface area contributed by atoms with E-state index in [-0.39, 0.29) is 12.2 Å². The molecule has 0 spiro atoms. The Kier molecular flexibility index (Phi) is 15.3. The van der Waals surface area contributed by atoms with Gasteiger partial charge in [0.1, 0.15) is 0 Å². The molecule has 0 saturated carbocycles. The number of benzene rings is 2. The highest BCUT2D eigenvalue weighted by Gasteiger charge is 2.22. The van der Waals surface area contributed by atoms with Crippen molar-refractivity contribution in [3.63, 3.8) is 0 Å². The number of aliphatic hydroxyl groups is 2. The van der Waals surface area contributed by atoms with Crippen LogP contribution >= 0.6 is 0 Å². The molecule has 1 fully saturated rings. The zero-order valence-electron chi connectivity index (χ0n) is 26.1. The molecule has 0 aliphatic carbocycles. The minimum atomic E-state index is -0.388. The summed E-state index contributed by atoms with van der Waals surface area (Å²) < 4.78 is 0. The van der Waals surface area contributed by atoms with Gasteiger partial charge in [0.05, 0.1) is 12.2 Å². The highest BCUT2D eigenvalue weighted by Crippen LogP contribution is 2.10. The smallest absolute Gasteiger partial charge is 0.0793 e. The molecule has 2 N–H and O–H groups in total. The molecule has 0 aromatic heterocycles. The van der Waals surface area contributed by atoms with Crippen LogP contribution in [-0.4, -0.2) is 159 Å². The van der Waals surface area contributed by atoms with E-state index < -0.39 is 0 Å². The molecule has 8 nitrogen and oxygen atoms in total. The molecule has 2 aromatic rings. The molecule has 0 amide bonds. The lowest BCUT2D eigenvalue weighted by Crippen LogP contribution is -2.44. The molecule has 8 heteroatoms. The van der Waals surface area contributed by atoms with Gasteiger partial charge in [-0.1, -0.05) is 60.7 Å². The Morgan fingerprint density at radius 2 is 0.976 bits per heavy atom. The van der Waals surface area contributed by atoms with Crippen molar-refractivity contribution < 1.29 is 10.2 Å². The molecule has 0 bridgehead atoms. The second kappa shape index (κ2) is 18.6. The van der Waals surface area contributed by atoms with E-state index in [2.05, 4.69) is 118 Å². The number of hydrogen-bond acceptors (Lipinski definition) is 8. The molecular formula is C33H56N6O2. The van der Waals surface area contributed by atoms with Gasteiger partial charge in [-0.15, -0.1) is 0 Å². The Morgan fingerprint density at radius 3 is 1.34 bits per heavy atom. The monoisotopic (exact) mass is 568 g/mol. The van der Waals surface area contributed by atoms with Gasteiger partial charge in [-0.3, -0.25) is 19.6 Å². The summed E-state index contributed by atoms with van der Waals surface area (Å²) in [6.45, 7) is 12.1. The van der Waals surface area contributed by atoms with Gasteiger partial charge in [0.2, 0.25) is 0 Å². The van der Waals surface area contributed by atoms with E-state index in [0.717, 1.165) is 71.9 Å². The third-order valence-electron chi connectivity index (χ3n) is 7.78. The normalized spacial score (nSPS) is 17.0. The van der Waals surface area contributed by atoms with Crippen LogP contribution in [-0.2, 0) is 13.1 Å². The first-order valence-corrected chi connectivity index (χ1v) is 15.4. The quantitative estimate of drug-likeness (QED) is 0.283. The van der Waals surface area contributed by atoms with Crippen molar-refractivity contribution in [3.8, 4) is 0 Å². The fourth-order valence-corrected chi connectivity index (χ4v) is 5.53. The summed E-state index contributed by atoms with van der Waals surface area (Å²) >= 11 is 0. The molecule has 1 saturated heterocycles. The first-order valence-electron chi connectivity index (χ1n) is 15.4. The van der Waals surface area contributed by atoms with Crippen molar-refractivity contribution in [1.82, 2.24) is 29.4 Å². The maximum atomic E-state index is 11.1. The van der Waals surface area contributed by atoms with E-state index in [1.807, 2.05) is 0 Å². The number of rotatable bonds is 18. The Labute approximate surface area is 249 Å². The SMILES string of the molecule is CN(C)CCN(Cc1ccccc1)CC(O)CN1CCCN(CC(O)CN(CCN(C)C)Cc2ccccc2)CC1. The van der Waals surface area contributed by atoms with Crippen molar-refractivity contribution in [1.29, 1.82) is 0 Å². The number of nitrogens with zero attached hydrogens (tertiary/aromatic N) is 6. The van der Waals surface area contributed by atoms with E-state index in [1.54, 1.807) is 0 Å². The average Bonchev–Trinajstić information content (AvgIpc) is 3.16. The van der Waals surface area contributed by atoms with Crippen molar-refractivity contribution >= 4 is 0 Å². The number of aliphatic hydroxyl groups excluding tert-OH is 2. The predicted molar refractivity (Wildman–Crippen MR) is 170 cm³/mol. The van der Waals surface area contributed by atoms with Crippen molar-refractivity contribution in [2.45, 2.75) is 31.7 Å². The van der Waals surface area contributed by atoms with Gasteiger partial charge in [0.25, 0.3) is 0 Å². The molecule has 1 heterocycles. The lowest BCUT2D eigenvalue weighted by molar-refractivity contribution is 0.0623. The molecule has 230 valence electrons.